The van der Waals surface area contributed by atoms with Crippen LogP contribution in [0.3, 0.4) is 0 Å². The van der Waals surface area contributed by atoms with Gasteiger partial charge >= 0.3 is 0 Å². The van der Waals surface area contributed by atoms with Crippen LogP contribution in [0.25, 0.3) is 0 Å². The van der Waals surface area contributed by atoms with Crippen molar-refractivity contribution >= 4 is 11.6 Å². The molecule has 0 atom stereocenters. The predicted molar refractivity (Wildman–Crippen MR) is 83.4 cm³/mol. The maximum Gasteiger partial charge on any atom is 0.142 e. The summed E-state index contributed by atoms with van der Waals surface area (Å²) in [6.45, 7) is 9.10. The zero-order valence-electron chi connectivity index (χ0n) is 12.9. The monoisotopic (exact) mass is 297 g/mol. The summed E-state index contributed by atoms with van der Waals surface area (Å²) >= 11 is 5.74. The standard InChI is InChI=1S/C17H25ClFN/c1-15(2)9-16(3,4)11-17(20,10-15)8-12-5-6-13(18)14(19)7-12/h5-7H,8-11,20H2,1-4H3. The molecule has 0 spiro atoms. The van der Waals surface area contributed by atoms with Crippen molar-refractivity contribution in [2.75, 3.05) is 0 Å². The number of benzene rings is 1. The van der Waals surface area contributed by atoms with Crippen molar-refractivity contribution in [1.29, 1.82) is 0 Å². The minimum absolute atomic E-state index is 0.170. The lowest BCUT2D eigenvalue weighted by Gasteiger charge is -2.50. The second-order valence-electron chi connectivity index (χ2n) is 8.15. The molecular formula is C17H25ClFN. The minimum Gasteiger partial charge on any atom is -0.325 e. The average molecular weight is 298 g/mol. The van der Waals surface area contributed by atoms with Gasteiger partial charge in [-0.05, 0) is 54.2 Å². The fourth-order valence-electron chi connectivity index (χ4n) is 4.57. The minimum atomic E-state index is -0.359. The molecule has 2 rings (SSSR count). The van der Waals surface area contributed by atoms with E-state index in [9.17, 15) is 4.39 Å². The smallest absolute Gasteiger partial charge is 0.142 e. The van der Waals surface area contributed by atoms with Gasteiger partial charge in [0.25, 0.3) is 0 Å². The van der Waals surface area contributed by atoms with Gasteiger partial charge < -0.3 is 5.73 Å². The van der Waals surface area contributed by atoms with E-state index in [0.29, 0.717) is 6.42 Å². The molecule has 1 fully saturated rings. The summed E-state index contributed by atoms with van der Waals surface area (Å²) in [5.41, 5.74) is 7.78. The number of hydrogen-bond acceptors (Lipinski definition) is 1. The fraction of sp³-hybridized carbons (Fsp3) is 0.647. The van der Waals surface area contributed by atoms with Crippen LogP contribution in [0.4, 0.5) is 4.39 Å². The zero-order valence-corrected chi connectivity index (χ0v) is 13.6. The summed E-state index contributed by atoms with van der Waals surface area (Å²) in [6.07, 6.45) is 3.81. The van der Waals surface area contributed by atoms with Crippen molar-refractivity contribution in [2.45, 2.75) is 58.9 Å². The Morgan fingerprint density at radius 3 is 2.15 bits per heavy atom. The Morgan fingerprint density at radius 2 is 1.65 bits per heavy atom. The quantitative estimate of drug-likeness (QED) is 0.820. The maximum absolute atomic E-state index is 13.6. The normalized spacial score (nSPS) is 23.6. The molecule has 1 aliphatic rings. The van der Waals surface area contributed by atoms with Gasteiger partial charge in [0.15, 0.2) is 0 Å². The van der Waals surface area contributed by atoms with E-state index in [-0.39, 0.29) is 27.2 Å². The molecule has 1 nitrogen and oxygen atoms in total. The third-order valence-electron chi connectivity index (χ3n) is 4.16. The molecule has 0 saturated heterocycles. The molecule has 0 aliphatic heterocycles. The van der Waals surface area contributed by atoms with Gasteiger partial charge in [0.1, 0.15) is 5.82 Å². The number of halogens is 2. The van der Waals surface area contributed by atoms with Crippen LogP contribution in [-0.2, 0) is 6.42 Å². The summed E-state index contributed by atoms with van der Waals surface area (Å²) in [5.74, 6) is -0.359. The molecule has 0 unspecified atom stereocenters. The fourth-order valence-corrected chi connectivity index (χ4v) is 4.69. The van der Waals surface area contributed by atoms with E-state index in [1.54, 1.807) is 6.07 Å². The molecule has 20 heavy (non-hydrogen) atoms. The van der Waals surface area contributed by atoms with Crippen molar-refractivity contribution in [3.8, 4) is 0 Å². The van der Waals surface area contributed by atoms with Gasteiger partial charge in [0.2, 0.25) is 0 Å². The summed E-state index contributed by atoms with van der Waals surface area (Å²) < 4.78 is 13.6. The lowest BCUT2D eigenvalue weighted by atomic mass is 9.57. The van der Waals surface area contributed by atoms with E-state index in [1.807, 2.05) is 6.07 Å². The van der Waals surface area contributed by atoms with Gasteiger partial charge in [-0.25, -0.2) is 4.39 Å². The van der Waals surface area contributed by atoms with Gasteiger partial charge in [-0.15, -0.1) is 0 Å². The first-order valence-electron chi connectivity index (χ1n) is 7.23. The molecule has 1 saturated carbocycles. The molecular weight excluding hydrogens is 273 g/mol. The predicted octanol–water partition coefficient (Wildman–Crippen LogP) is 4.96. The Morgan fingerprint density at radius 1 is 1.10 bits per heavy atom. The van der Waals surface area contributed by atoms with Crippen molar-refractivity contribution in [3.05, 3.63) is 34.6 Å². The van der Waals surface area contributed by atoms with Crippen LogP contribution in [0.2, 0.25) is 5.02 Å². The first-order valence-corrected chi connectivity index (χ1v) is 7.61. The Hall–Kier alpha value is -0.600. The van der Waals surface area contributed by atoms with E-state index >= 15 is 0 Å². The Labute approximate surface area is 126 Å². The van der Waals surface area contributed by atoms with Gasteiger partial charge in [-0.2, -0.15) is 0 Å². The van der Waals surface area contributed by atoms with E-state index in [1.165, 1.54) is 12.5 Å². The van der Waals surface area contributed by atoms with Crippen LogP contribution >= 0.6 is 11.6 Å². The highest BCUT2D eigenvalue weighted by Gasteiger charge is 2.45. The van der Waals surface area contributed by atoms with Crippen molar-refractivity contribution in [1.82, 2.24) is 0 Å². The van der Waals surface area contributed by atoms with E-state index in [0.717, 1.165) is 18.4 Å². The highest BCUT2D eigenvalue weighted by Crippen LogP contribution is 2.50. The van der Waals surface area contributed by atoms with Crippen molar-refractivity contribution < 1.29 is 4.39 Å². The van der Waals surface area contributed by atoms with Crippen LogP contribution in [0.5, 0.6) is 0 Å². The molecule has 3 heteroatoms. The molecule has 0 bridgehead atoms. The largest absolute Gasteiger partial charge is 0.325 e. The highest BCUT2D eigenvalue weighted by atomic mass is 35.5. The van der Waals surface area contributed by atoms with Crippen molar-refractivity contribution in [3.63, 3.8) is 0 Å². The number of hydrogen-bond donors (Lipinski definition) is 1. The maximum atomic E-state index is 13.6. The SMILES string of the molecule is CC1(C)CC(C)(C)CC(N)(Cc2ccc(Cl)c(F)c2)C1. The summed E-state index contributed by atoms with van der Waals surface area (Å²) in [6, 6.07) is 5.02. The van der Waals surface area contributed by atoms with E-state index < -0.39 is 0 Å². The molecule has 0 amide bonds. The first-order chi connectivity index (χ1) is 9.00. The summed E-state index contributed by atoms with van der Waals surface area (Å²) in [4.78, 5) is 0. The zero-order chi connectivity index (χ0) is 15.2. The van der Waals surface area contributed by atoms with Gasteiger partial charge in [0.05, 0.1) is 5.02 Å². The second kappa shape index (κ2) is 4.99. The van der Waals surface area contributed by atoms with Crippen LogP contribution in [0.1, 0.15) is 52.5 Å². The topological polar surface area (TPSA) is 26.0 Å². The van der Waals surface area contributed by atoms with Crippen LogP contribution in [-0.4, -0.2) is 5.54 Å². The average Bonchev–Trinajstić information content (AvgIpc) is 2.17. The van der Waals surface area contributed by atoms with Gasteiger partial charge in [0, 0.05) is 5.54 Å². The highest BCUT2D eigenvalue weighted by molar-refractivity contribution is 6.30. The van der Waals surface area contributed by atoms with Crippen LogP contribution in [0.15, 0.2) is 18.2 Å². The Bertz CT molecular complexity index is 492. The molecule has 0 heterocycles. The lowest BCUT2D eigenvalue weighted by molar-refractivity contribution is 0.0487. The number of nitrogens with two attached hydrogens (primary N) is 1. The Kier molecular flexibility index (Phi) is 3.94. The third-order valence-corrected chi connectivity index (χ3v) is 4.47. The summed E-state index contributed by atoms with van der Waals surface area (Å²) in [5, 5.41) is 0.170. The van der Waals surface area contributed by atoms with Crippen LogP contribution in [0, 0.1) is 16.6 Å². The van der Waals surface area contributed by atoms with Crippen LogP contribution < -0.4 is 5.73 Å². The molecule has 0 aromatic heterocycles. The van der Waals surface area contributed by atoms with E-state index in [4.69, 9.17) is 17.3 Å². The third kappa shape index (κ3) is 3.73. The van der Waals surface area contributed by atoms with Gasteiger partial charge in [-0.3, -0.25) is 0 Å². The molecule has 1 aromatic carbocycles. The molecule has 112 valence electrons. The lowest BCUT2D eigenvalue weighted by Crippen LogP contribution is -2.53. The van der Waals surface area contributed by atoms with Gasteiger partial charge in [-0.1, -0.05) is 45.4 Å². The first kappa shape index (κ1) is 15.8. The Balaban J connectivity index is 2.23. The number of rotatable bonds is 2. The molecule has 1 aromatic rings. The molecule has 1 aliphatic carbocycles. The van der Waals surface area contributed by atoms with E-state index in [2.05, 4.69) is 27.7 Å². The second-order valence-corrected chi connectivity index (χ2v) is 8.55. The molecule has 2 N–H and O–H groups in total. The van der Waals surface area contributed by atoms with Crippen molar-refractivity contribution in [2.24, 2.45) is 16.6 Å². The molecule has 0 radical (unpaired) electrons. The summed E-state index contributed by atoms with van der Waals surface area (Å²) in [7, 11) is 0.